The molecule has 0 saturated carbocycles. The highest BCUT2D eigenvalue weighted by Gasteiger charge is 2.27. The molecule has 0 bridgehead atoms. The molecule has 1 amide bonds. The Hall–Kier alpha value is -4.37. The Labute approximate surface area is 206 Å². The van der Waals surface area contributed by atoms with E-state index in [0.29, 0.717) is 17.0 Å². The van der Waals surface area contributed by atoms with Gasteiger partial charge in [-0.1, -0.05) is 18.2 Å². The highest BCUT2D eigenvalue weighted by molar-refractivity contribution is 7.92. The molecule has 0 aliphatic rings. The summed E-state index contributed by atoms with van der Waals surface area (Å²) in [5.74, 6) is -0.614. The molecule has 4 aromatic carbocycles. The van der Waals surface area contributed by atoms with Gasteiger partial charge in [-0.2, -0.15) is 0 Å². The van der Waals surface area contributed by atoms with Gasteiger partial charge in [0.2, 0.25) is 5.91 Å². The van der Waals surface area contributed by atoms with Crippen molar-refractivity contribution in [3.63, 3.8) is 0 Å². The topological polar surface area (TPSA) is 88.9 Å². The van der Waals surface area contributed by atoms with E-state index in [1.807, 2.05) is 30.3 Å². The molecule has 1 aromatic heterocycles. The molecule has 0 spiro atoms. The molecule has 0 saturated heterocycles. The number of benzene rings is 4. The summed E-state index contributed by atoms with van der Waals surface area (Å²) in [6, 6.07) is 23.5. The third-order valence-corrected chi connectivity index (χ3v) is 7.50. The van der Waals surface area contributed by atoms with Crippen molar-refractivity contribution in [1.29, 1.82) is 0 Å². The zero-order chi connectivity index (χ0) is 25.3. The van der Waals surface area contributed by atoms with E-state index in [1.54, 1.807) is 12.1 Å². The Morgan fingerprint density at radius 2 is 1.61 bits per heavy atom. The molecule has 182 valence electrons. The number of rotatable bonds is 7. The van der Waals surface area contributed by atoms with Gasteiger partial charge in [0, 0.05) is 22.5 Å². The van der Waals surface area contributed by atoms with E-state index in [9.17, 15) is 17.6 Å². The van der Waals surface area contributed by atoms with Crippen molar-refractivity contribution < 1.29 is 26.8 Å². The number of halogens is 1. The van der Waals surface area contributed by atoms with Gasteiger partial charge >= 0.3 is 0 Å². The number of carbonyl (C=O) groups is 1. The van der Waals surface area contributed by atoms with E-state index >= 15 is 0 Å². The average Bonchev–Trinajstić information content (AvgIpc) is 3.25. The number of para-hydroxylation sites is 1. The maximum absolute atomic E-state index is 13.5. The third kappa shape index (κ3) is 4.48. The number of hydrogen-bond acceptors (Lipinski definition) is 5. The molecule has 36 heavy (non-hydrogen) atoms. The third-order valence-electron chi connectivity index (χ3n) is 5.71. The Kier molecular flexibility index (Phi) is 6.07. The summed E-state index contributed by atoms with van der Waals surface area (Å²) in [6.45, 7) is -0.530. The SMILES string of the molecule is COc1ccc(S(=O)(=O)N(CC(=O)Nc2ccc3c(c2)oc2ccccc23)c2ccc(F)cc2)cc1. The zero-order valence-electron chi connectivity index (χ0n) is 19.1. The van der Waals surface area contributed by atoms with E-state index in [2.05, 4.69) is 5.32 Å². The molecule has 0 aliphatic heterocycles. The first-order chi connectivity index (χ1) is 17.3. The van der Waals surface area contributed by atoms with E-state index in [1.165, 1.54) is 43.5 Å². The van der Waals surface area contributed by atoms with Crippen molar-refractivity contribution >= 4 is 49.2 Å². The van der Waals surface area contributed by atoms with Gasteiger partial charge in [0.25, 0.3) is 10.0 Å². The van der Waals surface area contributed by atoms with Crippen molar-refractivity contribution in [3.8, 4) is 5.75 Å². The minimum absolute atomic E-state index is 0.0379. The predicted molar refractivity (Wildman–Crippen MR) is 136 cm³/mol. The molecule has 0 radical (unpaired) electrons. The molecule has 9 heteroatoms. The van der Waals surface area contributed by atoms with Crippen LogP contribution in [0.4, 0.5) is 15.8 Å². The molecule has 0 fully saturated rings. The van der Waals surface area contributed by atoms with Crippen LogP contribution >= 0.6 is 0 Å². The fourth-order valence-corrected chi connectivity index (χ4v) is 5.35. The van der Waals surface area contributed by atoms with E-state index in [4.69, 9.17) is 9.15 Å². The van der Waals surface area contributed by atoms with Gasteiger partial charge in [-0.25, -0.2) is 12.8 Å². The van der Waals surface area contributed by atoms with E-state index in [0.717, 1.165) is 32.8 Å². The summed E-state index contributed by atoms with van der Waals surface area (Å²) in [5.41, 5.74) is 1.92. The molecule has 5 aromatic rings. The second kappa shape index (κ2) is 9.35. The monoisotopic (exact) mass is 504 g/mol. The fraction of sp³-hybridized carbons (Fsp3) is 0.0741. The second-order valence-corrected chi connectivity index (χ2v) is 9.88. The van der Waals surface area contributed by atoms with Gasteiger partial charge in [-0.15, -0.1) is 0 Å². The molecule has 1 N–H and O–H groups in total. The maximum atomic E-state index is 13.5. The van der Waals surface area contributed by atoms with Crippen LogP contribution < -0.4 is 14.4 Å². The lowest BCUT2D eigenvalue weighted by Crippen LogP contribution is -2.38. The summed E-state index contributed by atoms with van der Waals surface area (Å²) in [7, 11) is -2.68. The Morgan fingerprint density at radius 1 is 0.917 bits per heavy atom. The summed E-state index contributed by atoms with van der Waals surface area (Å²) in [5, 5.41) is 4.59. The van der Waals surface area contributed by atoms with Crippen LogP contribution in [0.5, 0.6) is 5.75 Å². The van der Waals surface area contributed by atoms with Crippen molar-refractivity contribution in [2.24, 2.45) is 0 Å². The lowest BCUT2D eigenvalue weighted by Gasteiger charge is -2.24. The van der Waals surface area contributed by atoms with Crippen molar-refractivity contribution in [2.75, 3.05) is 23.3 Å². The quantitative estimate of drug-likeness (QED) is 0.313. The highest BCUT2D eigenvalue weighted by atomic mass is 32.2. The molecule has 0 aliphatic carbocycles. The second-order valence-electron chi connectivity index (χ2n) is 8.02. The van der Waals surface area contributed by atoms with Crippen LogP contribution in [0.2, 0.25) is 0 Å². The molecular weight excluding hydrogens is 483 g/mol. The molecular formula is C27H21FN2O5S. The van der Waals surface area contributed by atoms with Gasteiger partial charge in [0.15, 0.2) is 0 Å². The Morgan fingerprint density at radius 3 is 2.33 bits per heavy atom. The minimum Gasteiger partial charge on any atom is -0.497 e. The number of amides is 1. The molecule has 0 atom stereocenters. The van der Waals surface area contributed by atoms with Crippen LogP contribution in [0.25, 0.3) is 21.9 Å². The van der Waals surface area contributed by atoms with Gasteiger partial charge in [-0.3, -0.25) is 9.10 Å². The number of hydrogen-bond donors (Lipinski definition) is 1. The van der Waals surface area contributed by atoms with Crippen LogP contribution in [-0.4, -0.2) is 28.0 Å². The first kappa shape index (κ1) is 23.4. The predicted octanol–water partition coefficient (Wildman–Crippen LogP) is 5.57. The first-order valence-corrected chi connectivity index (χ1v) is 12.4. The first-order valence-electron chi connectivity index (χ1n) is 11.0. The maximum Gasteiger partial charge on any atom is 0.264 e. The summed E-state index contributed by atoms with van der Waals surface area (Å²) in [6.07, 6.45) is 0. The largest absolute Gasteiger partial charge is 0.497 e. The van der Waals surface area contributed by atoms with Gasteiger partial charge < -0.3 is 14.5 Å². The summed E-state index contributed by atoms with van der Waals surface area (Å²) in [4.78, 5) is 13.0. The van der Waals surface area contributed by atoms with E-state index in [-0.39, 0.29) is 10.6 Å². The number of fused-ring (bicyclic) bond motifs is 3. The number of nitrogens with one attached hydrogen (secondary N) is 1. The van der Waals surface area contributed by atoms with Crippen LogP contribution in [0.3, 0.4) is 0 Å². The number of sulfonamides is 1. The number of ether oxygens (including phenoxy) is 1. The van der Waals surface area contributed by atoms with Gasteiger partial charge in [0.1, 0.15) is 29.3 Å². The average molecular weight is 505 g/mol. The molecule has 0 unspecified atom stereocenters. The molecule has 7 nitrogen and oxygen atoms in total. The highest BCUT2D eigenvalue weighted by Crippen LogP contribution is 2.31. The standard InChI is InChI=1S/C27H21FN2O5S/c1-34-21-11-13-22(14-12-21)36(32,33)30(20-9-6-18(28)7-10-20)17-27(31)29-19-8-15-24-23-4-2-3-5-25(23)35-26(24)16-19/h2-16H,17H2,1H3,(H,29,31). The van der Waals surface area contributed by atoms with Gasteiger partial charge in [-0.05, 0) is 66.7 Å². The summed E-state index contributed by atoms with van der Waals surface area (Å²) >= 11 is 0. The van der Waals surface area contributed by atoms with Crippen LogP contribution in [0.15, 0.2) is 100 Å². The van der Waals surface area contributed by atoms with Crippen molar-refractivity contribution in [2.45, 2.75) is 4.90 Å². The van der Waals surface area contributed by atoms with E-state index < -0.39 is 28.3 Å². The lowest BCUT2D eigenvalue weighted by molar-refractivity contribution is -0.114. The normalized spacial score (nSPS) is 11.5. The number of methoxy groups -OCH3 is 1. The molecule has 5 rings (SSSR count). The Balaban J connectivity index is 1.44. The van der Waals surface area contributed by atoms with Crippen molar-refractivity contribution in [1.82, 2.24) is 0 Å². The number of furan rings is 1. The van der Waals surface area contributed by atoms with Crippen molar-refractivity contribution in [3.05, 3.63) is 96.8 Å². The number of anilines is 2. The minimum atomic E-state index is -4.16. The Bertz CT molecular complexity index is 1660. The lowest BCUT2D eigenvalue weighted by atomic mass is 10.1. The van der Waals surface area contributed by atoms with Crippen LogP contribution in [-0.2, 0) is 14.8 Å². The van der Waals surface area contributed by atoms with Crippen LogP contribution in [0.1, 0.15) is 0 Å². The molecule has 1 heterocycles. The summed E-state index contributed by atoms with van der Waals surface area (Å²) < 4.78 is 52.4. The van der Waals surface area contributed by atoms with Crippen LogP contribution in [0, 0.1) is 5.82 Å². The van der Waals surface area contributed by atoms with Gasteiger partial charge in [0.05, 0.1) is 17.7 Å². The number of carbonyl (C=O) groups excluding carboxylic acids is 1. The zero-order valence-corrected chi connectivity index (χ0v) is 20.0. The number of nitrogens with zero attached hydrogens (tertiary/aromatic N) is 1. The smallest absolute Gasteiger partial charge is 0.264 e. The fourth-order valence-electron chi connectivity index (χ4n) is 3.93.